The van der Waals surface area contributed by atoms with Gasteiger partial charge in [-0.2, -0.15) is 0 Å². The van der Waals surface area contributed by atoms with Crippen LogP contribution in [0.3, 0.4) is 0 Å². The van der Waals surface area contributed by atoms with Gasteiger partial charge in [0.25, 0.3) is 0 Å². The smallest absolute Gasteiger partial charge is 0.144 e. The summed E-state index contributed by atoms with van der Waals surface area (Å²) < 4.78 is 0. The molecule has 0 aliphatic heterocycles. The third-order valence-corrected chi connectivity index (χ3v) is 2.38. The van der Waals surface area contributed by atoms with Crippen molar-refractivity contribution in [1.82, 2.24) is 9.97 Å². The van der Waals surface area contributed by atoms with Crippen LogP contribution in [-0.2, 0) is 0 Å². The number of nitrogens with one attached hydrogen (secondary N) is 1. The highest BCUT2D eigenvalue weighted by Crippen LogP contribution is 2.33. The molecule has 1 atom stereocenters. The van der Waals surface area contributed by atoms with Crippen molar-refractivity contribution < 1.29 is 0 Å². The van der Waals surface area contributed by atoms with Crippen molar-refractivity contribution in [2.45, 2.75) is 25.8 Å². The van der Waals surface area contributed by atoms with E-state index in [0.717, 1.165) is 11.7 Å². The van der Waals surface area contributed by atoms with Crippen LogP contribution in [0, 0.1) is 5.92 Å². The zero-order chi connectivity index (χ0) is 9.26. The Hall–Kier alpha value is -1.32. The number of rotatable bonds is 3. The minimum absolute atomic E-state index is 0.463. The number of hydrogen-bond donors (Lipinski definition) is 2. The van der Waals surface area contributed by atoms with Gasteiger partial charge in [0.2, 0.25) is 0 Å². The van der Waals surface area contributed by atoms with Gasteiger partial charge in [0.15, 0.2) is 0 Å². The molecule has 1 saturated carbocycles. The van der Waals surface area contributed by atoms with Crippen molar-refractivity contribution in [3.8, 4) is 0 Å². The molecule has 13 heavy (non-hydrogen) atoms. The molecule has 1 unspecified atom stereocenters. The van der Waals surface area contributed by atoms with Crippen molar-refractivity contribution in [3.05, 3.63) is 12.4 Å². The van der Waals surface area contributed by atoms with E-state index in [2.05, 4.69) is 22.2 Å². The molecule has 1 aromatic rings. The molecule has 1 aromatic heterocycles. The summed E-state index contributed by atoms with van der Waals surface area (Å²) in [6.07, 6.45) is 5.91. The minimum atomic E-state index is 0.463. The van der Waals surface area contributed by atoms with Crippen LogP contribution in [0.5, 0.6) is 0 Å². The lowest BCUT2D eigenvalue weighted by Gasteiger charge is -2.12. The van der Waals surface area contributed by atoms with E-state index in [4.69, 9.17) is 5.73 Å². The van der Waals surface area contributed by atoms with E-state index in [1.807, 2.05) is 0 Å². The van der Waals surface area contributed by atoms with Gasteiger partial charge in [-0.05, 0) is 25.7 Å². The molecule has 0 spiro atoms. The Morgan fingerprint density at radius 2 is 2.23 bits per heavy atom. The van der Waals surface area contributed by atoms with Gasteiger partial charge in [0, 0.05) is 6.04 Å². The van der Waals surface area contributed by atoms with Crippen LogP contribution in [0.4, 0.5) is 11.6 Å². The van der Waals surface area contributed by atoms with Crippen LogP contribution in [0.2, 0.25) is 0 Å². The molecule has 0 radical (unpaired) electrons. The van der Waals surface area contributed by atoms with Crippen molar-refractivity contribution >= 4 is 11.6 Å². The molecule has 0 bridgehead atoms. The molecule has 0 aromatic carbocycles. The minimum Gasteiger partial charge on any atom is -0.382 e. The second-order valence-corrected chi connectivity index (χ2v) is 3.60. The zero-order valence-electron chi connectivity index (χ0n) is 7.70. The van der Waals surface area contributed by atoms with E-state index >= 15 is 0 Å². The highest BCUT2D eigenvalue weighted by atomic mass is 15.0. The van der Waals surface area contributed by atoms with Crippen LogP contribution in [0.15, 0.2) is 12.4 Å². The first-order chi connectivity index (χ1) is 6.25. The second-order valence-electron chi connectivity index (χ2n) is 3.60. The molecule has 1 aliphatic rings. The number of anilines is 2. The average Bonchev–Trinajstić information content (AvgIpc) is 2.91. The molecule has 0 amide bonds. The summed E-state index contributed by atoms with van der Waals surface area (Å²) in [5.74, 6) is 2.09. The fourth-order valence-corrected chi connectivity index (χ4v) is 1.36. The monoisotopic (exact) mass is 178 g/mol. The summed E-state index contributed by atoms with van der Waals surface area (Å²) in [4.78, 5) is 8.09. The van der Waals surface area contributed by atoms with Crippen LogP contribution in [0.1, 0.15) is 19.8 Å². The molecule has 70 valence electrons. The van der Waals surface area contributed by atoms with Gasteiger partial charge in [-0.3, -0.25) is 0 Å². The molecule has 4 nitrogen and oxygen atoms in total. The Balaban J connectivity index is 1.96. The van der Waals surface area contributed by atoms with E-state index in [1.165, 1.54) is 12.8 Å². The molecule has 1 heterocycles. The molecule has 3 N–H and O–H groups in total. The van der Waals surface area contributed by atoms with Crippen LogP contribution < -0.4 is 11.1 Å². The van der Waals surface area contributed by atoms with Gasteiger partial charge in [0.1, 0.15) is 11.6 Å². The quantitative estimate of drug-likeness (QED) is 0.731. The Kier molecular flexibility index (Phi) is 2.04. The van der Waals surface area contributed by atoms with E-state index in [-0.39, 0.29) is 0 Å². The summed E-state index contributed by atoms with van der Waals surface area (Å²) in [7, 11) is 0. The topological polar surface area (TPSA) is 63.8 Å². The van der Waals surface area contributed by atoms with Gasteiger partial charge in [-0.1, -0.05) is 0 Å². The van der Waals surface area contributed by atoms with Crippen molar-refractivity contribution in [1.29, 1.82) is 0 Å². The van der Waals surface area contributed by atoms with Gasteiger partial charge in [-0.25, -0.2) is 9.97 Å². The summed E-state index contributed by atoms with van der Waals surface area (Å²) in [6.45, 7) is 2.18. The van der Waals surface area contributed by atoms with Crippen molar-refractivity contribution in [2.75, 3.05) is 11.1 Å². The van der Waals surface area contributed by atoms with Crippen LogP contribution >= 0.6 is 0 Å². The fourth-order valence-electron chi connectivity index (χ4n) is 1.36. The van der Waals surface area contributed by atoms with E-state index in [9.17, 15) is 0 Å². The first kappa shape index (κ1) is 8.29. The molecular formula is C9H14N4. The number of nitrogens with two attached hydrogens (primary N) is 1. The summed E-state index contributed by atoms with van der Waals surface area (Å²) in [5.41, 5.74) is 5.43. The number of nitrogen functional groups attached to an aromatic ring is 1. The Morgan fingerprint density at radius 3 is 2.77 bits per heavy atom. The largest absolute Gasteiger partial charge is 0.382 e. The molecular weight excluding hydrogens is 164 g/mol. The van der Waals surface area contributed by atoms with E-state index < -0.39 is 0 Å². The SMILES string of the molecule is CC(Nc1cnc(N)cn1)C1CC1. The molecule has 0 saturated heterocycles. The summed E-state index contributed by atoms with van der Waals surface area (Å²) >= 11 is 0. The number of nitrogens with zero attached hydrogens (tertiary/aromatic N) is 2. The predicted octanol–water partition coefficient (Wildman–Crippen LogP) is 1.27. The van der Waals surface area contributed by atoms with Gasteiger partial charge >= 0.3 is 0 Å². The number of aromatic nitrogens is 2. The Bertz CT molecular complexity index is 278. The predicted molar refractivity (Wildman–Crippen MR) is 52.3 cm³/mol. The van der Waals surface area contributed by atoms with Gasteiger partial charge in [-0.15, -0.1) is 0 Å². The van der Waals surface area contributed by atoms with E-state index in [1.54, 1.807) is 12.4 Å². The Morgan fingerprint density at radius 1 is 1.46 bits per heavy atom. The van der Waals surface area contributed by atoms with Crippen molar-refractivity contribution in [3.63, 3.8) is 0 Å². The number of hydrogen-bond acceptors (Lipinski definition) is 4. The standard InChI is InChI=1S/C9H14N4/c1-6(7-2-3-7)13-9-5-11-8(10)4-12-9/h4-7H,2-3H2,1H3,(H2,10,11)(H,12,13). The lowest BCUT2D eigenvalue weighted by atomic mass is 10.2. The maximum absolute atomic E-state index is 5.43. The third-order valence-electron chi connectivity index (χ3n) is 2.38. The Labute approximate surface area is 77.6 Å². The van der Waals surface area contributed by atoms with Gasteiger partial charge in [0.05, 0.1) is 12.4 Å². The fraction of sp³-hybridized carbons (Fsp3) is 0.556. The maximum atomic E-state index is 5.43. The highest BCUT2D eigenvalue weighted by Gasteiger charge is 2.27. The molecule has 2 rings (SSSR count). The van der Waals surface area contributed by atoms with Crippen LogP contribution in [0.25, 0.3) is 0 Å². The normalized spacial score (nSPS) is 18.2. The van der Waals surface area contributed by atoms with Crippen molar-refractivity contribution in [2.24, 2.45) is 5.92 Å². The first-order valence-electron chi connectivity index (χ1n) is 4.60. The average molecular weight is 178 g/mol. The summed E-state index contributed by atoms with van der Waals surface area (Å²) in [5, 5.41) is 3.30. The third kappa shape index (κ3) is 2.08. The maximum Gasteiger partial charge on any atom is 0.144 e. The van der Waals surface area contributed by atoms with Crippen LogP contribution in [-0.4, -0.2) is 16.0 Å². The first-order valence-corrected chi connectivity index (χ1v) is 4.60. The van der Waals surface area contributed by atoms with E-state index in [0.29, 0.717) is 11.9 Å². The zero-order valence-corrected chi connectivity index (χ0v) is 7.70. The summed E-state index contributed by atoms with van der Waals surface area (Å²) in [6, 6.07) is 0.498. The highest BCUT2D eigenvalue weighted by molar-refractivity contribution is 5.37. The molecule has 1 aliphatic carbocycles. The lowest BCUT2D eigenvalue weighted by Crippen LogP contribution is -2.18. The molecule has 4 heteroatoms. The second kappa shape index (κ2) is 3.20. The lowest BCUT2D eigenvalue weighted by molar-refractivity contribution is 0.690. The molecule has 1 fully saturated rings. The van der Waals surface area contributed by atoms with Gasteiger partial charge < -0.3 is 11.1 Å².